The number of hydrogen-bond acceptors (Lipinski definition) is 5. The normalized spacial score (nSPS) is 11.9. The third-order valence-corrected chi connectivity index (χ3v) is 2.68. The molecule has 0 radical (unpaired) electrons. The molecule has 2 aromatic rings. The van der Waals surface area contributed by atoms with E-state index < -0.39 is 0 Å². The van der Waals surface area contributed by atoms with Gasteiger partial charge in [-0.1, -0.05) is 6.07 Å². The molecule has 2 heterocycles. The highest BCUT2D eigenvalue weighted by Crippen LogP contribution is 2.17. The van der Waals surface area contributed by atoms with Gasteiger partial charge in [0.05, 0.1) is 11.7 Å². The molecule has 0 aliphatic rings. The molecule has 0 aromatic carbocycles. The second kappa shape index (κ2) is 6.13. The van der Waals surface area contributed by atoms with E-state index in [4.69, 9.17) is 0 Å². The Morgan fingerprint density at radius 1 is 1.26 bits per heavy atom. The maximum atomic E-state index is 4.43. The lowest BCUT2D eigenvalue weighted by atomic mass is 10.2. The Morgan fingerprint density at radius 2 is 2.11 bits per heavy atom. The van der Waals surface area contributed by atoms with Crippen LogP contribution in [0.1, 0.15) is 31.3 Å². The predicted octanol–water partition coefficient (Wildman–Crippen LogP) is 2.78. The molecule has 0 aliphatic carbocycles. The zero-order chi connectivity index (χ0) is 13.7. The van der Waals surface area contributed by atoms with E-state index in [9.17, 15) is 0 Å². The summed E-state index contributed by atoms with van der Waals surface area (Å²) in [5.41, 5.74) is 1.92. The second-order valence-electron chi connectivity index (χ2n) is 4.37. The number of nitrogens with zero attached hydrogens (tertiary/aromatic N) is 3. The predicted molar refractivity (Wildman–Crippen MR) is 77.2 cm³/mol. The molecule has 100 valence electrons. The van der Waals surface area contributed by atoms with E-state index in [0.717, 1.165) is 23.8 Å². The summed E-state index contributed by atoms with van der Waals surface area (Å²) in [7, 11) is 0. The Hall–Kier alpha value is -2.17. The Balaban J connectivity index is 2.14. The molecule has 0 aliphatic heterocycles. The van der Waals surface area contributed by atoms with Gasteiger partial charge in [0.25, 0.3) is 0 Å². The largest absolute Gasteiger partial charge is 0.362 e. The first-order valence-corrected chi connectivity index (χ1v) is 6.46. The van der Waals surface area contributed by atoms with Crippen molar-refractivity contribution < 1.29 is 0 Å². The van der Waals surface area contributed by atoms with Crippen LogP contribution in [-0.2, 0) is 0 Å². The molecule has 0 saturated carbocycles. The van der Waals surface area contributed by atoms with Crippen LogP contribution < -0.4 is 10.6 Å². The van der Waals surface area contributed by atoms with Crippen LogP contribution in [0.3, 0.4) is 0 Å². The first-order chi connectivity index (χ1) is 9.19. The molecule has 1 atom stereocenters. The van der Waals surface area contributed by atoms with E-state index in [1.165, 1.54) is 0 Å². The second-order valence-corrected chi connectivity index (χ2v) is 4.37. The molecule has 19 heavy (non-hydrogen) atoms. The smallest absolute Gasteiger partial charge is 0.224 e. The number of aromatic nitrogens is 3. The Kier molecular flexibility index (Phi) is 4.28. The summed E-state index contributed by atoms with van der Waals surface area (Å²) >= 11 is 0. The summed E-state index contributed by atoms with van der Waals surface area (Å²) in [6.07, 6.45) is 1.79. The van der Waals surface area contributed by atoms with Gasteiger partial charge in [-0.3, -0.25) is 4.98 Å². The van der Waals surface area contributed by atoms with E-state index in [-0.39, 0.29) is 6.04 Å². The van der Waals surface area contributed by atoms with Crippen LogP contribution in [0.25, 0.3) is 0 Å². The van der Waals surface area contributed by atoms with Gasteiger partial charge in [-0.25, -0.2) is 4.98 Å². The van der Waals surface area contributed by atoms with Gasteiger partial charge in [0.15, 0.2) is 0 Å². The minimum absolute atomic E-state index is 0.102. The van der Waals surface area contributed by atoms with Crippen molar-refractivity contribution >= 4 is 11.8 Å². The zero-order valence-corrected chi connectivity index (χ0v) is 11.5. The van der Waals surface area contributed by atoms with Crippen molar-refractivity contribution in [1.29, 1.82) is 0 Å². The maximum Gasteiger partial charge on any atom is 0.224 e. The van der Waals surface area contributed by atoms with Crippen molar-refractivity contribution in [2.24, 2.45) is 0 Å². The quantitative estimate of drug-likeness (QED) is 0.862. The Labute approximate surface area is 113 Å². The highest BCUT2D eigenvalue weighted by molar-refractivity contribution is 5.43. The molecule has 1 unspecified atom stereocenters. The van der Waals surface area contributed by atoms with Gasteiger partial charge >= 0.3 is 0 Å². The summed E-state index contributed by atoms with van der Waals surface area (Å²) in [5.74, 6) is 1.46. The summed E-state index contributed by atoms with van der Waals surface area (Å²) < 4.78 is 0. The molecule has 0 amide bonds. The molecule has 0 fully saturated rings. The highest BCUT2D eigenvalue weighted by atomic mass is 15.1. The van der Waals surface area contributed by atoms with Crippen molar-refractivity contribution in [1.82, 2.24) is 15.0 Å². The molecule has 2 N–H and O–H groups in total. The molecule has 0 saturated heterocycles. The van der Waals surface area contributed by atoms with Gasteiger partial charge < -0.3 is 10.6 Å². The van der Waals surface area contributed by atoms with Gasteiger partial charge in [-0.05, 0) is 32.9 Å². The lowest BCUT2D eigenvalue weighted by Gasteiger charge is -2.15. The fourth-order valence-corrected chi connectivity index (χ4v) is 1.81. The third kappa shape index (κ3) is 3.64. The lowest BCUT2D eigenvalue weighted by Crippen LogP contribution is -2.11. The van der Waals surface area contributed by atoms with E-state index in [1.807, 2.05) is 38.1 Å². The van der Waals surface area contributed by atoms with E-state index >= 15 is 0 Å². The van der Waals surface area contributed by atoms with Crippen LogP contribution in [0.4, 0.5) is 11.8 Å². The van der Waals surface area contributed by atoms with Gasteiger partial charge in [0, 0.05) is 24.5 Å². The van der Waals surface area contributed by atoms with Crippen LogP contribution in [0.5, 0.6) is 0 Å². The molecule has 0 bridgehead atoms. The van der Waals surface area contributed by atoms with Crippen molar-refractivity contribution in [3.63, 3.8) is 0 Å². The topological polar surface area (TPSA) is 62.7 Å². The summed E-state index contributed by atoms with van der Waals surface area (Å²) in [6, 6.07) is 7.92. The molecule has 2 aromatic heterocycles. The number of rotatable bonds is 5. The lowest BCUT2D eigenvalue weighted by molar-refractivity contribution is 0.829. The molecule has 5 heteroatoms. The minimum Gasteiger partial charge on any atom is -0.362 e. The van der Waals surface area contributed by atoms with Gasteiger partial charge in [-0.15, -0.1) is 0 Å². The fourth-order valence-electron chi connectivity index (χ4n) is 1.81. The minimum atomic E-state index is 0.102. The van der Waals surface area contributed by atoms with E-state index in [0.29, 0.717) is 5.95 Å². The molecular weight excluding hydrogens is 238 g/mol. The number of pyridine rings is 1. The van der Waals surface area contributed by atoms with Crippen LogP contribution >= 0.6 is 0 Å². The fraction of sp³-hybridized carbons (Fsp3) is 0.357. The third-order valence-electron chi connectivity index (χ3n) is 2.68. The molecule has 5 nitrogen and oxygen atoms in total. The monoisotopic (exact) mass is 257 g/mol. The summed E-state index contributed by atoms with van der Waals surface area (Å²) in [4.78, 5) is 13.1. The van der Waals surface area contributed by atoms with Crippen LogP contribution in [-0.4, -0.2) is 21.5 Å². The average Bonchev–Trinajstić information content (AvgIpc) is 2.39. The number of nitrogens with one attached hydrogen (secondary N) is 2. The van der Waals surface area contributed by atoms with Gasteiger partial charge in [-0.2, -0.15) is 4.98 Å². The van der Waals surface area contributed by atoms with Crippen molar-refractivity contribution in [3.8, 4) is 0 Å². The van der Waals surface area contributed by atoms with Crippen molar-refractivity contribution in [2.75, 3.05) is 17.2 Å². The zero-order valence-electron chi connectivity index (χ0n) is 11.5. The Morgan fingerprint density at radius 3 is 2.79 bits per heavy atom. The number of anilines is 2. The molecule has 0 spiro atoms. The van der Waals surface area contributed by atoms with E-state index in [1.54, 1.807) is 6.20 Å². The van der Waals surface area contributed by atoms with Crippen LogP contribution in [0.15, 0.2) is 30.5 Å². The average molecular weight is 257 g/mol. The standard InChI is InChI=1S/C14H19N5/c1-4-15-14-17-10(2)9-13(19-14)18-11(3)12-7-5-6-8-16-12/h5-9,11H,4H2,1-3H3,(H2,15,17,18,19). The van der Waals surface area contributed by atoms with Gasteiger partial charge in [0.2, 0.25) is 5.95 Å². The number of hydrogen-bond donors (Lipinski definition) is 2. The number of aryl methyl sites for hydroxylation is 1. The molecule has 2 rings (SSSR count). The first kappa shape index (κ1) is 13.3. The summed E-state index contributed by atoms with van der Waals surface area (Å²) in [5, 5.41) is 6.47. The van der Waals surface area contributed by atoms with Crippen molar-refractivity contribution in [3.05, 3.63) is 41.9 Å². The van der Waals surface area contributed by atoms with Gasteiger partial charge in [0.1, 0.15) is 5.82 Å². The molecular formula is C14H19N5. The maximum absolute atomic E-state index is 4.43. The Bertz CT molecular complexity index is 527. The highest BCUT2D eigenvalue weighted by Gasteiger charge is 2.08. The first-order valence-electron chi connectivity index (χ1n) is 6.46. The van der Waals surface area contributed by atoms with E-state index in [2.05, 4.69) is 32.5 Å². The summed E-state index contributed by atoms with van der Waals surface area (Å²) in [6.45, 7) is 6.85. The van der Waals surface area contributed by atoms with Crippen LogP contribution in [0.2, 0.25) is 0 Å². The van der Waals surface area contributed by atoms with Crippen LogP contribution in [0, 0.1) is 6.92 Å². The SMILES string of the molecule is CCNc1nc(C)cc(NC(C)c2ccccn2)n1. The van der Waals surface area contributed by atoms with Crippen molar-refractivity contribution in [2.45, 2.75) is 26.8 Å².